The van der Waals surface area contributed by atoms with Crippen LogP contribution >= 0.6 is 0 Å². The van der Waals surface area contributed by atoms with Crippen LogP contribution in [0.25, 0.3) is 0 Å². The van der Waals surface area contributed by atoms with Gasteiger partial charge >= 0.3 is 0 Å². The second-order valence-electron chi connectivity index (χ2n) is 3.31. The molecular formula is C11H13N3O2. The van der Waals surface area contributed by atoms with Gasteiger partial charge in [0, 0.05) is 6.20 Å². The largest absolute Gasteiger partial charge is 0.394 e. The molecule has 0 aliphatic rings. The molecule has 1 aromatic rings. The molecule has 0 saturated heterocycles. The van der Waals surface area contributed by atoms with E-state index in [0.717, 1.165) is 0 Å². The zero-order valence-corrected chi connectivity index (χ0v) is 8.97. The average molecular weight is 219 g/mol. The lowest BCUT2D eigenvalue weighted by molar-refractivity contribution is 0.0914. The van der Waals surface area contributed by atoms with Crippen LogP contribution in [-0.2, 0) is 0 Å². The van der Waals surface area contributed by atoms with Gasteiger partial charge in [-0.05, 0) is 18.6 Å². The number of nitrogens with one attached hydrogen (secondary N) is 1. The van der Waals surface area contributed by atoms with E-state index in [-0.39, 0.29) is 24.2 Å². The zero-order chi connectivity index (χ0) is 12.0. The van der Waals surface area contributed by atoms with E-state index in [9.17, 15) is 4.79 Å². The molecule has 0 bridgehead atoms. The zero-order valence-electron chi connectivity index (χ0n) is 8.97. The topological polar surface area (TPSA) is 86.0 Å². The Morgan fingerprint density at radius 1 is 1.69 bits per heavy atom. The molecule has 0 saturated carbocycles. The predicted octanol–water partition coefficient (Wildman–Crippen LogP) is 0.454. The van der Waals surface area contributed by atoms with E-state index in [2.05, 4.69) is 10.3 Å². The van der Waals surface area contributed by atoms with Gasteiger partial charge in [-0.15, -0.1) is 0 Å². The number of amides is 1. The summed E-state index contributed by atoms with van der Waals surface area (Å²) in [6.07, 6.45) is 2.00. The molecule has 1 heterocycles. The van der Waals surface area contributed by atoms with Crippen LogP contribution in [0.2, 0.25) is 0 Å². The van der Waals surface area contributed by atoms with Crippen molar-refractivity contribution in [2.75, 3.05) is 6.61 Å². The summed E-state index contributed by atoms with van der Waals surface area (Å²) >= 11 is 0. The van der Waals surface area contributed by atoms with Crippen molar-refractivity contribution in [3.63, 3.8) is 0 Å². The van der Waals surface area contributed by atoms with Crippen molar-refractivity contribution in [2.24, 2.45) is 0 Å². The molecule has 1 aromatic heterocycles. The number of aliphatic hydroxyl groups excluding tert-OH is 1. The van der Waals surface area contributed by atoms with Gasteiger partial charge in [0.1, 0.15) is 11.8 Å². The maximum atomic E-state index is 11.6. The lowest BCUT2D eigenvalue weighted by Crippen LogP contribution is -2.36. The van der Waals surface area contributed by atoms with Crippen molar-refractivity contribution in [1.29, 1.82) is 5.26 Å². The molecule has 1 atom stereocenters. The average Bonchev–Trinajstić information content (AvgIpc) is 2.35. The highest BCUT2D eigenvalue weighted by Crippen LogP contribution is 2.00. The van der Waals surface area contributed by atoms with Gasteiger partial charge < -0.3 is 10.4 Å². The summed E-state index contributed by atoms with van der Waals surface area (Å²) in [5.74, 6) is -0.294. The molecule has 0 radical (unpaired) electrons. The number of hydrogen-bond acceptors (Lipinski definition) is 4. The number of hydrogen-bond donors (Lipinski definition) is 2. The molecule has 1 amide bonds. The van der Waals surface area contributed by atoms with Crippen LogP contribution in [0, 0.1) is 11.3 Å². The summed E-state index contributed by atoms with van der Waals surface area (Å²) < 4.78 is 0. The van der Waals surface area contributed by atoms with Crippen molar-refractivity contribution in [3.8, 4) is 6.07 Å². The van der Waals surface area contributed by atoms with Gasteiger partial charge in [0.05, 0.1) is 18.2 Å². The van der Waals surface area contributed by atoms with Crippen LogP contribution in [0.1, 0.15) is 29.4 Å². The standard InChI is InChI=1S/C11H13N3O2/c1-2-9(7-15)14-11(16)8-3-4-10(5-12)13-6-8/h3-4,6,9,15H,2,7H2,1H3,(H,14,16). The SMILES string of the molecule is CCC(CO)NC(=O)c1ccc(C#N)nc1. The van der Waals surface area contributed by atoms with Crippen LogP contribution in [0.5, 0.6) is 0 Å². The molecule has 5 nitrogen and oxygen atoms in total. The minimum atomic E-state index is -0.294. The lowest BCUT2D eigenvalue weighted by Gasteiger charge is -2.13. The molecule has 0 aliphatic carbocycles. The number of nitrogens with zero attached hydrogens (tertiary/aromatic N) is 2. The highest BCUT2D eigenvalue weighted by atomic mass is 16.3. The van der Waals surface area contributed by atoms with Crippen LogP contribution in [0.4, 0.5) is 0 Å². The Morgan fingerprint density at radius 2 is 2.44 bits per heavy atom. The van der Waals surface area contributed by atoms with E-state index < -0.39 is 0 Å². The lowest BCUT2D eigenvalue weighted by atomic mass is 10.2. The molecule has 1 unspecified atom stereocenters. The van der Waals surface area contributed by atoms with Crippen LogP contribution in [0.3, 0.4) is 0 Å². The highest BCUT2D eigenvalue weighted by Gasteiger charge is 2.11. The molecule has 0 fully saturated rings. The molecule has 1 rings (SSSR count). The Labute approximate surface area is 93.7 Å². The minimum absolute atomic E-state index is 0.0913. The van der Waals surface area contributed by atoms with Gasteiger partial charge in [0.25, 0.3) is 5.91 Å². The Morgan fingerprint density at radius 3 is 2.88 bits per heavy atom. The third-order valence-electron chi connectivity index (χ3n) is 2.19. The molecule has 2 N–H and O–H groups in total. The molecule has 84 valence electrons. The smallest absolute Gasteiger partial charge is 0.253 e. The van der Waals surface area contributed by atoms with Crippen molar-refractivity contribution in [1.82, 2.24) is 10.3 Å². The van der Waals surface area contributed by atoms with Crippen molar-refractivity contribution >= 4 is 5.91 Å². The molecular weight excluding hydrogens is 206 g/mol. The summed E-state index contributed by atoms with van der Waals surface area (Å²) in [6.45, 7) is 1.78. The van der Waals surface area contributed by atoms with Gasteiger partial charge in [-0.25, -0.2) is 4.98 Å². The van der Waals surface area contributed by atoms with E-state index in [0.29, 0.717) is 12.0 Å². The predicted molar refractivity (Wildman–Crippen MR) is 57.6 cm³/mol. The van der Waals surface area contributed by atoms with Crippen LogP contribution < -0.4 is 5.32 Å². The number of aliphatic hydroxyl groups is 1. The first-order valence-corrected chi connectivity index (χ1v) is 4.99. The Bertz CT molecular complexity index is 391. The number of pyridine rings is 1. The first kappa shape index (κ1) is 12.1. The van der Waals surface area contributed by atoms with Gasteiger partial charge in [-0.3, -0.25) is 4.79 Å². The van der Waals surface area contributed by atoms with E-state index in [1.54, 1.807) is 0 Å². The highest BCUT2D eigenvalue weighted by molar-refractivity contribution is 5.94. The molecule has 16 heavy (non-hydrogen) atoms. The summed E-state index contributed by atoms with van der Waals surface area (Å²) in [5, 5.41) is 20.1. The number of aromatic nitrogens is 1. The molecule has 0 aromatic carbocycles. The van der Waals surface area contributed by atoms with Gasteiger partial charge in [-0.1, -0.05) is 6.92 Å². The maximum Gasteiger partial charge on any atom is 0.253 e. The fourth-order valence-corrected chi connectivity index (χ4v) is 1.14. The fraction of sp³-hybridized carbons (Fsp3) is 0.364. The second kappa shape index (κ2) is 5.83. The minimum Gasteiger partial charge on any atom is -0.394 e. The molecule has 5 heteroatoms. The first-order chi connectivity index (χ1) is 7.71. The van der Waals surface area contributed by atoms with Crippen molar-refractivity contribution in [3.05, 3.63) is 29.6 Å². The Hall–Kier alpha value is -1.93. The summed E-state index contributed by atoms with van der Waals surface area (Å²) in [5.41, 5.74) is 0.650. The van der Waals surface area contributed by atoms with Crippen LogP contribution in [-0.4, -0.2) is 28.6 Å². The monoisotopic (exact) mass is 219 g/mol. The first-order valence-electron chi connectivity index (χ1n) is 4.99. The number of rotatable bonds is 4. The van der Waals surface area contributed by atoms with Gasteiger partial charge in [0.2, 0.25) is 0 Å². The van der Waals surface area contributed by atoms with Gasteiger partial charge in [0.15, 0.2) is 0 Å². The third kappa shape index (κ3) is 3.04. The summed E-state index contributed by atoms with van der Waals surface area (Å²) in [4.78, 5) is 15.4. The van der Waals surface area contributed by atoms with E-state index in [1.165, 1.54) is 18.3 Å². The third-order valence-corrected chi connectivity index (χ3v) is 2.19. The van der Waals surface area contributed by atoms with E-state index in [1.807, 2.05) is 13.0 Å². The quantitative estimate of drug-likeness (QED) is 0.770. The summed E-state index contributed by atoms with van der Waals surface area (Å²) in [6, 6.07) is 4.64. The number of nitriles is 1. The molecule has 0 aliphatic heterocycles. The second-order valence-corrected chi connectivity index (χ2v) is 3.31. The molecule has 0 spiro atoms. The normalized spacial score (nSPS) is 11.6. The maximum absolute atomic E-state index is 11.6. The van der Waals surface area contributed by atoms with Crippen molar-refractivity contribution < 1.29 is 9.90 Å². The number of carbonyl (C=O) groups excluding carboxylic acids is 1. The van der Waals surface area contributed by atoms with Crippen LogP contribution in [0.15, 0.2) is 18.3 Å². The van der Waals surface area contributed by atoms with E-state index in [4.69, 9.17) is 10.4 Å². The van der Waals surface area contributed by atoms with Crippen molar-refractivity contribution in [2.45, 2.75) is 19.4 Å². The summed E-state index contributed by atoms with van der Waals surface area (Å²) in [7, 11) is 0. The van der Waals surface area contributed by atoms with Gasteiger partial charge in [-0.2, -0.15) is 5.26 Å². The van der Waals surface area contributed by atoms with E-state index >= 15 is 0 Å². The Balaban J connectivity index is 2.70. The number of carbonyl (C=O) groups is 1. The Kier molecular flexibility index (Phi) is 4.42. The fourth-order valence-electron chi connectivity index (χ4n) is 1.14.